The number of pyridine rings is 1. The lowest BCUT2D eigenvalue weighted by molar-refractivity contribution is 0.582. The van der Waals surface area contributed by atoms with Gasteiger partial charge in [-0.1, -0.05) is 19.9 Å². The first-order valence-electron chi connectivity index (χ1n) is 4.45. The minimum atomic E-state index is 0.523. The van der Waals surface area contributed by atoms with Crippen molar-refractivity contribution in [1.82, 2.24) is 10.3 Å². The zero-order chi connectivity index (χ0) is 9.68. The van der Waals surface area contributed by atoms with Gasteiger partial charge < -0.3 is 5.32 Å². The van der Waals surface area contributed by atoms with Crippen molar-refractivity contribution in [1.29, 1.82) is 0 Å². The monoisotopic (exact) mass is 196 g/mol. The van der Waals surface area contributed by atoms with E-state index in [2.05, 4.69) is 36.5 Å². The molecule has 72 valence electrons. The number of rotatable bonds is 4. The third-order valence-corrected chi connectivity index (χ3v) is 2.50. The summed E-state index contributed by atoms with van der Waals surface area (Å²) in [7, 11) is 0. The van der Waals surface area contributed by atoms with Gasteiger partial charge in [0.05, 0.1) is 0 Å². The molecule has 13 heavy (non-hydrogen) atoms. The van der Waals surface area contributed by atoms with Gasteiger partial charge in [0, 0.05) is 18.8 Å². The summed E-state index contributed by atoms with van der Waals surface area (Å²) in [4.78, 5) is 4.30. The third kappa shape index (κ3) is 3.36. The highest BCUT2D eigenvalue weighted by Gasteiger charge is 2.01. The van der Waals surface area contributed by atoms with E-state index in [1.165, 1.54) is 5.56 Å². The van der Waals surface area contributed by atoms with Gasteiger partial charge in [0.15, 0.2) is 0 Å². The minimum Gasteiger partial charge on any atom is -0.310 e. The highest BCUT2D eigenvalue weighted by molar-refractivity contribution is 7.98. The summed E-state index contributed by atoms with van der Waals surface area (Å²) < 4.78 is 0. The molecule has 0 aliphatic heterocycles. The highest BCUT2D eigenvalue weighted by Crippen LogP contribution is 2.16. The molecule has 1 aromatic rings. The van der Waals surface area contributed by atoms with Gasteiger partial charge in [-0.25, -0.2) is 4.98 Å². The van der Waals surface area contributed by atoms with E-state index in [-0.39, 0.29) is 0 Å². The van der Waals surface area contributed by atoms with Gasteiger partial charge in [-0.15, -0.1) is 11.8 Å². The second kappa shape index (κ2) is 5.25. The van der Waals surface area contributed by atoms with Crippen LogP contribution in [-0.2, 0) is 6.54 Å². The number of thioether (sulfide) groups is 1. The van der Waals surface area contributed by atoms with Crippen molar-refractivity contribution in [2.45, 2.75) is 31.5 Å². The quantitative estimate of drug-likeness (QED) is 0.748. The van der Waals surface area contributed by atoms with Crippen LogP contribution in [-0.4, -0.2) is 17.3 Å². The Bertz CT molecular complexity index is 261. The van der Waals surface area contributed by atoms with E-state index in [1.807, 2.05) is 12.3 Å². The van der Waals surface area contributed by atoms with Gasteiger partial charge in [-0.3, -0.25) is 0 Å². The Labute approximate surface area is 84.1 Å². The van der Waals surface area contributed by atoms with Crippen LogP contribution < -0.4 is 5.32 Å². The fourth-order valence-electron chi connectivity index (χ4n) is 1.06. The van der Waals surface area contributed by atoms with Gasteiger partial charge in [-0.05, 0) is 17.9 Å². The van der Waals surface area contributed by atoms with Crippen LogP contribution in [0.3, 0.4) is 0 Å². The first-order valence-corrected chi connectivity index (χ1v) is 5.67. The molecule has 0 fully saturated rings. The average Bonchev–Trinajstić information content (AvgIpc) is 2.15. The average molecular weight is 196 g/mol. The molecular weight excluding hydrogens is 180 g/mol. The first kappa shape index (κ1) is 10.5. The summed E-state index contributed by atoms with van der Waals surface area (Å²) in [6, 6.07) is 4.63. The Hall–Kier alpha value is -0.540. The zero-order valence-corrected chi connectivity index (χ0v) is 9.19. The van der Waals surface area contributed by atoms with E-state index >= 15 is 0 Å². The van der Waals surface area contributed by atoms with Gasteiger partial charge >= 0.3 is 0 Å². The molecule has 1 heterocycles. The van der Waals surface area contributed by atoms with Crippen LogP contribution in [0.2, 0.25) is 0 Å². The predicted octanol–water partition coefficient (Wildman–Crippen LogP) is 2.30. The Morgan fingerprint density at radius 2 is 2.31 bits per heavy atom. The van der Waals surface area contributed by atoms with Crippen molar-refractivity contribution >= 4 is 11.8 Å². The van der Waals surface area contributed by atoms with Crippen molar-refractivity contribution in [3.8, 4) is 0 Å². The van der Waals surface area contributed by atoms with E-state index in [0.29, 0.717) is 6.04 Å². The van der Waals surface area contributed by atoms with Crippen LogP contribution in [0.1, 0.15) is 19.4 Å². The summed E-state index contributed by atoms with van der Waals surface area (Å²) in [5.41, 5.74) is 1.28. The fraction of sp³-hybridized carbons (Fsp3) is 0.500. The summed E-state index contributed by atoms with van der Waals surface area (Å²) in [6.07, 6.45) is 3.89. The molecule has 0 radical (unpaired) electrons. The predicted molar refractivity (Wildman–Crippen MR) is 58.0 cm³/mol. The zero-order valence-electron chi connectivity index (χ0n) is 8.37. The molecule has 0 spiro atoms. The molecule has 0 aromatic carbocycles. The van der Waals surface area contributed by atoms with Crippen LogP contribution in [0.15, 0.2) is 23.4 Å². The van der Waals surface area contributed by atoms with Gasteiger partial charge in [0.1, 0.15) is 5.03 Å². The summed E-state index contributed by atoms with van der Waals surface area (Å²) in [5.74, 6) is 0. The molecule has 1 aromatic heterocycles. The topological polar surface area (TPSA) is 24.9 Å². The molecule has 0 bridgehead atoms. The largest absolute Gasteiger partial charge is 0.310 e. The molecule has 0 saturated carbocycles. The second-order valence-corrected chi connectivity index (χ2v) is 4.00. The SMILES string of the molecule is CSc1ncccc1CNC(C)C. The maximum Gasteiger partial charge on any atom is 0.100 e. The first-order chi connectivity index (χ1) is 6.24. The van der Waals surface area contributed by atoms with Gasteiger partial charge in [-0.2, -0.15) is 0 Å². The lowest BCUT2D eigenvalue weighted by Crippen LogP contribution is -2.22. The number of nitrogens with zero attached hydrogens (tertiary/aromatic N) is 1. The van der Waals surface area contributed by atoms with E-state index in [1.54, 1.807) is 11.8 Å². The van der Waals surface area contributed by atoms with E-state index in [4.69, 9.17) is 0 Å². The molecule has 0 saturated heterocycles. The van der Waals surface area contributed by atoms with Gasteiger partial charge in [0.2, 0.25) is 0 Å². The molecule has 2 nitrogen and oxygen atoms in total. The second-order valence-electron chi connectivity index (χ2n) is 3.21. The van der Waals surface area contributed by atoms with Crippen LogP contribution in [0.4, 0.5) is 0 Å². The number of hydrogen-bond donors (Lipinski definition) is 1. The van der Waals surface area contributed by atoms with Gasteiger partial charge in [0.25, 0.3) is 0 Å². The lowest BCUT2D eigenvalue weighted by Gasteiger charge is -2.09. The summed E-state index contributed by atoms with van der Waals surface area (Å²) >= 11 is 1.70. The van der Waals surface area contributed by atoms with Crippen LogP contribution in [0, 0.1) is 0 Å². The molecule has 0 amide bonds. The van der Waals surface area contributed by atoms with E-state index in [9.17, 15) is 0 Å². The van der Waals surface area contributed by atoms with Crippen LogP contribution in [0.25, 0.3) is 0 Å². The Balaban J connectivity index is 2.64. The third-order valence-electron chi connectivity index (χ3n) is 1.74. The standard InChI is InChI=1S/C10H16N2S/c1-8(2)12-7-9-5-4-6-11-10(9)13-3/h4-6,8,12H,7H2,1-3H3. The highest BCUT2D eigenvalue weighted by atomic mass is 32.2. The molecule has 0 unspecified atom stereocenters. The van der Waals surface area contributed by atoms with Crippen molar-refractivity contribution in [2.24, 2.45) is 0 Å². The normalized spacial score (nSPS) is 10.8. The smallest absolute Gasteiger partial charge is 0.100 e. The number of aromatic nitrogens is 1. The van der Waals surface area contributed by atoms with Crippen LogP contribution >= 0.6 is 11.8 Å². The summed E-state index contributed by atoms with van der Waals surface area (Å²) in [5, 5.41) is 4.50. The van der Waals surface area contributed by atoms with Crippen LogP contribution in [0.5, 0.6) is 0 Å². The Kier molecular flexibility index (Phi) is 4.25. The molecular formula is C10H16N2S. The number of nitrogens with one attached hydrogen (secondary N) is 1. The molecule has 3 heteroatoms. The molecule has 1 rings (SSSR count). The lowest BCUT2D eigenvalue weighted by atomic mass is 10.2. The molecule has 1 N–H and O–H groups in total. The van der Waals surface area contributed by atoms with Crippen molar-refractivity contribution in [3.05, 3.63) is 23.9 Å². The van der Waals surface area contributed by atoms with E-state index < -0.39 is 0 Å². The molecule has 0 aliphatic carbocycles. The Morgan fingerprint density at radius 1 is 1.54 bits per heavy atom. The minimum absolute atomic E-state index is 0.523. The molecule has 0 atom stereocenters. The van der Waals surface area contributed by atoms with E-state index in [0.717, 1.165) is 11.6 Å². The summed E-state index contributed by atoms with van der Waals surface area (Å²) in [6.45, 7) is 5.20. The molecule has 0 aliphatic rings. The van der Waals surface area contributed by atoms with Crippen molar-refractivity contribution < 1.29 is 0 Å². The Morgan fingerprint density at radius 3 is 2.92 bits per heavy atom. The van der Waals surface area contributed by atoms with Crippen molar-refractivity contribution in [2.75, 3.05) is 6.26 Å². The maximum absolute atomic E-state index is 4.30. The maximum atomic E-state index is 4.30. The fourth-order valence-corrected chi connectivity index (χ4v) is 1.63. The van der Waals surface area contributed by atoms with Crippen molar-refractivity contribution in [3.63, 3.8) is 0 Å². The number of hydrogen-bond acceptors (Lipinski definition) is 3.